The molecule has 4 rings (SSSR count). The summed E-state index contributed by atoms with van der Waals surface area (Å²) in [4.78, 5) is 28.1. The number of carbonyl (C=O) groups is 2. The fourth-order valence-corrected chi connectivity index (χ4v) is 3.00. The van der Waals surface area contributed by atoms with Gasteiger partial charge in [0, 0.05) is 29.7 Å². The quantitative estimate of drug-likeness (QED) is 0.323. The minimum atomic E-state index is -1.79. The number of hydrogen-bond donors (Lipinski definition) is 3. The van der Waals surface area contributed by atoms with Gasteiger partial charge in [-0.15, -0.1) is 0 Å². The molecule has 0 spiro atoms. The first-order valence-electron chi connectivity index (χ1n) is 8.75. The largest absolute Gasteiger partial charge is 0.489 e. The van der Waals surface area contributed by atoms with Crippen LogP contribution in [0.1, 0.15) is 26.4 Å². The van der Waals surface area contributed by atoms with E-state index < -0.39 is 13.0 Å². The predicted molar refractivity (Wildman–Crippen MR) is 106 cm³/mol. The summed E-state index contributed by atoms with van der Waals surface area (Å²) in [5.74, 6) is -0.445. The maximum Gasteiger partial charge on any atom is 0.489 e. The summed E-state index contributed by atoms with van der Waals surface area (Å²) >= 11 is 0. The Morgan fingerprint density at radius 2 is 2.07 bits per heavy atom. The molecule has 144 valence electrons. The topological polar surface area (TPSA) is 122 Å². The fourth-order valence-electron chi connectivity index (χ4n) is 3.00. The maximum atomic E-state index is 12.4. The Morgan fingerprint density at radius 3 is 2.83 bits per heavy atom. The van der Waals surface area contributed by atoms with Crippen LogP contribution in [0.4, 0.5) is 5.69 Å². The average Bonchev–Trinajstić information content (AvgIpc) is 3.33. The molecule has 4 aromatic rings. The first kappa shape index (κ1) is 18.6. The summed E-state index contributed by atoms with van der Waals surface area (Å²) in [6, 6.07) is 9.79. The lowest BCUT2D eigenvalue weighted by molar-refractivity contribution is 0.102. The Bertz CT molecular complexity index is 1170. The van der Waals surface area contributed by atoms with E-state index in [0.29, 0.717) is 18.5 Å². The van der Waals surface area contributed by atoms with Crippen LogP contribution in [0.3, 0.4) is 0 Å². The lowest BCUT2D eigenvalue weighted by atomic mass is 9.77. The van der Waals surface area contributed by atoms with Crippen LogP contribution in [0, 0.1) is 0 Å². The molecule has 0 radical (unpaired) electrons. The van der Waals surface area contributed by atoms with Crippen LogP contribution in [0.25, 0.3) is 5.65 Å². The van der Waals surface area contributed by atoms with Crippen molar-refractivity contribution in [3.8, 4) is 0 Å². The van der Waals surface area contributed by atoms with Crippen LogP contribution in [0.15, 0.2) is 61.2 Å². The number of aromatic nitrogens is 4. The van der Waals surface area contributed by atoms with Gasteiger partial charge in [-0.3, -0.25) is 14.3 Å². The summed E-state index contributed by atoms with van der Waals surface area (Å²) in [7, 11) is -1.79. The molecule has 0 aliphatic rings. The molecule has 0 aliphatic carbocycles. The molecule has 3 heterocycles. The Hall–Kier alpha value is -3.76. The number of amides is 1. The highest BCUT2D eigenvalue weighted by Crippen LogP contribution is 2.11. The van der Waals surface area contributed by atoms with Crippen molar-refractivity contribution in [3.05, 3.63) is 78.0 Å². The Morgan fingerprint density at radius 1 is 1.21 bits per heavy atom. The molecule has 0 atom stereocenters. The third-order valence-electron chi connectivity index (χ3n) is 4.38. The molecule has 0 saturated carbocycles. The number of anilines is 1. The van der Waals surface area contributed by atoms with Crippen molar-refractivity contribution in [2.45, 2.75) is 6.54 Å². The number of carbonyl (C=O) groups excluding carboxylic acids is 2. The van der Waals surface area contributed by atoms with Crippen molar-refractivity contribution in [1.82, 2.24) is 19.2 Å². The van der Waals surface area contributed by atoms with E-state index in [1.165, 1.54) is 24.4 Å². The van der Waals surface area contributed by atoms with Crippen molar-refractivity contribution in [1.29, 1.82) is 0 Å². The molecule has 1 aromatic carbocycles. The highest BCUT2D eigenvalue weighted by molar-refractivity contribution is 6.60. The third kappa shape index (κ3) is 3.93. The van der Waals surface area contributed by atoms with Crippen molar-refractivity contribution >= 4 is 36.1 Å². The zero-order chi connectivity index (χ0) is 20.4. The summed E-state index contributed by atoms with van der Waals surface area (Å²) < 4.78 is 3.57. The minimum Gasteiger partial charge on any atom is -0.423 e. The van der Waals surface area contributed by atoms with Crippen LogP contribution < -0.4 is 10.8 Å². The second-order valence-corrected chi connectivity index (χ2v) is 6.41. The first-order chi connectivity index (χ1) is 14.0. The fraction of sp³-hybridized carbons (Fsp3) is 0.0526. The number of nitrogens with zero attached hydrogens (tertiary/aromatic N) is 4. The van der Waals surface area contributed by atoms with Gasteiger partial charge in [0.1, 0.15) is 11.9 Å². The van der Waals surface area contributed by atoms with Crippen LogP contribution >= 0.6 is 0 Å². The van der Waals surface area contributed by atoms with Gasteiger partial charge in [0.05, 0.1) is 24.1 Å². The molecule has 0 saturated heterocycles. The number of rotatable bonds is 6. The molecular formula is C19H16BN5O4. The molecule has 9 nitrogen and oxygen atoms in total. The van der Waals surface area contributed by atoms with Gasteiger partial charge in [0.15, 0.2) is 0 Å². The zero-order valence-electron chi connectivity index (χ0n) is 15.1. The highest BCUT2D eigenvalue weighted by Gasteiger charge is 2.18. The van der Waals surface area contributed by atoms with Crippen LogP contribution in [0.2, 0.25) is 0 Å². The smallest absolute Gasteiger partial charge is 0.423 e. The Kier molecular flexibility index (Phi) is 4.94. The SMILES string of the molecule is O=Cc1cc(C(=O)Nc2cnn(Cc3cn4ccccc4n3)c2)ccc1B(O)O. The van der Waals surface area contributed by atoms with E-state index in [1.54, 1.807) is 10.9 Å². The summed E-state index contributed by atoms with van der Waals surface area (Å²) in [5.41, 5.74) is 2.44. The van der Waals surface area contributed by atoms with Gasteiger partial charge in [0.25, 0.3) is 5.91 Å². The first-order valence-corrected chi connectivity index (χ1v) is 8.75. The Balaban J connectivity index is 1.47. The minimum absolute atomic E-state index is 0.0372. The van der Waals surface area contributed by atoms with Crippen LogP contribution in [-0.4, -0.2) is 48.5 Å². The van der Waals surface area contributed by atoms with Crippen LogP contribution in [-0.2, 0) is 6.54 Å². The highest BCUT2D eigenvalue weighted by atomic mass is 16.4. The molecule has 3 N–H and O–H groups in total. The van der Waals surface area contributed by atoms with Gasteiger partial charge in [-0.05, 0) is 29.7 Å². The second-order valence-electron chi connectivity index (χ2n) is 6.41. The number of benzene rings is 1. The lowest BCUT2D eigenvalue weighted by Crippen LogP contribution is -2.33. The van der Waals surface area contributed by atoms with Crippen molar-refractivity contribution in [2.75, 3.05) is 5.32 Å². The zero-order valence-corrected chi connectivity index (χ0v) is 15.1. The molecule has 0 fully saturated rings. The Labute approximate surface area is 165 Å². The summed E-state index contributed by atoms with van der Waals surface area (Å²) in [5, 5.41) is 25.4. The molecule has 0 unspecified atom stereocenters. The molecular weight excluding hydrogens is 373 g/mol. The van der Waals surface area contributed by atoms with Crippen LogP contribution in [0.5, 0.6) is 0 Å². The van der Waals surface area contributed by atoms with Gasteiger partial charge in [-0.25, -0.2) is 4.98 Å². The number of pyridine rings is 1. The molecule has 0 bridgehead atoms. The monoisotopic (exact) mass is 389 g/mol. The van der Waals surface area contributed by atoms with Crippen molar-refractivity contribution in [3.63, 3.8) is 0 Å². The van der Waals surface area contributed by atoms with E-state index in [2.05, 4.69) is 15.4 Å². The number of imidazole rings is 1. The van der Waals surface area contributed by atoms with Crippen molar-refractivity contribution < 1.29 is 19.6 Å². The van der Waals surface area contributed by atoms with Gasteiger partial charge in [-0.2, -0.15) is 5.10 Å². The van der Waals surface area contributed by atoms with Gasteiger partial charge < -0.3 is 19.8 Å². The van der Waals surface area contributed by atoms with E-state index in [4.69, 9.17) is 0 Å². The summed E-state index contributed by atoms with van der Waals surface area (Å²) in [6.07, 6.45) is 7.48. The number of hydrogen-bond acceptors (Lipinski definition) is 6. The molecule has 0 aliphatic heterocycles. The maximum absolute atomic E-state index is 12.4. The lowest BCUT2D eigenvalue weighted by Gasteiger charge is -2.07. The number of aldehydes is 1. The van der Waals surface area contributed by atoms with E-state index >= 15 is 0 Å². The number of nitrogens with one attached hydrogen (secondary N) is 1. The van der Waals surface area contributed by atoms with Gasteiger partial charge in [-0.1, -0.05) is 12.1 Å². The second kappa shape index (κ2) is 7.70. The van der Waals surface area contributed by atoms with E-state index in [-0.39, 0.29) is 16.6 Å². The molecule has 10 heteroatoms. The molecule has 1 amide bonds. The van der Waals surface area contributed by atoms with E-state index in [0.717, 1.165) is 11.3 Å². The molecule has 3 aromatic heterocycles. The third-order valence-corrected chi connectivity index (χ3v) is 4.38. The summed E-state index contributed by atoms with van der Waals surface area (Å²) in [6.45, 7) is 0.440. The van der Waals surface area contributed by atoms with E-state index in [9.17, 15) is 19.6 Å². The molecule has 29 heavy (non-hydrogen) atoms. The predicted octanol–water partition coefficient (Wildman–Crippen LogP) is 0.324. The van der Waals surface area contributed by atoms with Gasteiger partial charge in [0.2, 0.25) is 0 Å². The van der Waals surface area contributed by atoms with Gasteiger partial charge >= 0.3 is 7.12 Å². The number of fused-ring (bicyclic) bond motifs is 1. The standard InChI is InChI=1S/C19H16BN5O4/c26-12-14-7-13(4-5-17(14)20(28)29)19(27)23-15-8-21-25(10-15)11-16-9-24-6-2-1-3-18(24)22-16/h1-10,12,28-29H,11H2,(H,23,27). The van der Waals surface area contributed by atoms with E-state index in [1.807, 2.05) is 35.0 Å². The normalized spacial score (nSPS) is 10.8. The van der Waals surface area contributed by atoms with Crippen molar-refractivity contribution in [2.24, 2.45) is 0 Å². The average molecular weight is 389 g/mol.